The molecule has 0 fully saturated rings. The molecule has 0 aliphatic carbocycles. The van der Waals surface area contributed by atoms with Crippen LogP contribution < -0.4 is 32.3 Å². The molecule has 4 heterocycles. The molecule has 6 aromatic rings. The first-order valence-corrected chi connectivity index (χ1v) is 22.1. The van der Waals surface area contributed by atoms with Crippen molar-refractivity contribution in [3.8, 4) is 0 Å². The molecular weight excluding hydrogens is 813 g/mol. The first-order chi connectivity index (χ1) is 21.0. The molecule has 0 saturated heterocycles. The predicted molar refractivity (Wildman–Crippen MR) is 177 cm³/mol. The van der Waals surface area contributed by atoms with Gasteiger partial charge >= 0.3 is 34.8 Å². The molecule has 4 aromatic heterocycles. The second-order valence-electron chi connectivity index (χ2n) is 8.60. The van der Waals surface area contributed by atoms with Crippen molar-refractivity contribution >= 4 is 65.8 Å². The third-order valence-electron chi connectivity index (χ3n) is 6.04. The summed E-state index contributed by atoms with van der Waals surface area (Å²) in [4.78, 5) is 17.2. The number of pyridine rings is 4. The molecule has 0 unspecified atom stereocenters. The number of halogens is 2. The zero-order chi connectivity index (χ0) is 30.4. The Labute approximate surface area is 272 Å². The van der Waals surface area contributed by atoms with Crippen LogP contribution >= 0.6 is 33.5 Å². The van der Waals surface area contributed by atoms with Gasteiger partial charge in [-0.1, -0.05) is 59.9 Å². The van der Waals surface area contributed by atoms with Gasteiger partial charge in [0.1, 0.15) is 21.7 Å². The first-order valence-electron chi connectivity index (χ1n) is 12.8. The topological polar surface area (TPSA) is 117 Å². The van der Waals surface area contributed by atoms with Crippen LogP contribution in [0, 0.1) is 6.07 Å². The van der Waals surface area contributed by atoms with Gasteiger partial charge in [0, 0.05) is 30.1 Å². The van der Waals surface area contributed by atoms with Crippen molar-refractivity contribution in [3.05, 3.63) is 158 Å². The number of hydrogen-bond acceptors (Lipinski definition) is 6. The molecule has 0 atom stereocenters. The third-order valence-corrected chi connectivity index (χ3v) is 11.7. The first kappa shape index (κ1) is 35.2. The van der Waals surface area contributed by atoms with E-state index in [2.05, 4.69) is 26.0 Å². The second-order valence-corrected chi connectivity index (χ2v) is 17.3. The molecule has 44 heavy (non-hydrogen) atoms. The van der Waals surface area contributed by atoms with Crippen LogP contribution in [0.5, 0.6) is 0 Å². The minimum absolute atomic E-state index is 0. The summed E-state index contributed by atoms with van der Waals surface area (Å²) in [7, 11) is 3.72. The Morgan fingerprint density at radius 2 is 0.864 bits per heavy atom. The third kappa shape index (κ3) is 8.44. The summed E-state index contributed by atoms with van der Waals surface area (Å²) in [5.41, 5.74) is 2.18. The van der Waals surface area contributed by atoms with E-state index in [4.69, 9.17) is 19.2 Å². The van der Waals surface area contributed by atoms with E-state index in [9.17, 15) is 9.13 Å². The van der Waals surface area contributed by atoms with Crippen molar-refractivity contribution in [2.24, 2.45) is 0 Å². The molecule has 0 spiro atoms. The van der Waals surface area contributed by atoms with Gasteiger partial charge < -0.3 is 14.6 Å². The van der Waals surface area contributed by atoms with E-state index in [-0.39, 0.29) is 5.48 Å². The summed E-state index contributed by atoms with van der Waals surface area (Å²) in [5.74, 6) is 0. The fraction of sp³-hybridized carbons (Fsp3) is 0. The summed E-state index contributed by atoms with van der Waals surface area (Å²) in [5, 5.41) is 1.37. The summed E-state index contributed by atoms with van der Waals surface area (Å²) < 4.78 is 27.4. The van der Waals surface area contributed by atoms with E-state index in [1.54, 1.807) is 67.3 Å². The Bertz CT molecular complexity index is 1430. The zero-order valence-corrected chi connectivity index (χ0v) is 28.7. The molecule has 0 aliphatic rings. The van der Waals surface area contributed by atoms with Gasteiger partial charge in [-0.05, 0) is 48.5 Å². The van der Waals surface area contributed by atoms with Crippen molar-refractivity contribution in [3.63, 3.8) is 0 Å². The van der Waals surface area contributed by atoms with Crippen molar-refractivity contribution in [2.75, 3.05) is 0 Å². The van der Waals surface area contributed by atoms with Crippen molar-refractivity contribution in [2.45, 2.75) is 0 Å². The average molecular weight is 841 g/mol. The summed E-state index contributed by atoms with van der Waals surface area (Å²) in [6.07, 6.45) is 6.61. The second kappa shape index (κ2) is 17.9. The van der Waals surface area contributed by atoms with Crippen LogP contribution in [0.3, 0.4) is 0 Å². The maximum absolute atomic E-state index is 13.7. The van der Waals surface area contributed by atoms with Crippen molar-refractivity contribution in [1.29, 1.82) is 0 Å². The predicted octanol–water partition coefficient (Wildman–Crippen LogP) is 4.58. The van der Waals surface area contributed by atoms with Crippen LogP contribution in [-0.2, 0) is 24.8 Å². The Morgan fingerprint density at radius 1 is 0.500 bits per heavy atom. The molecule has 7 nitrogen and oxygen atoms in total. The van der Waals surface area contributed by atoms with Crippen molar-refractivity contribution in [1.82, 2.24) is 19.9 Å². The van der Waals surface area contributed by atoms with Gasteiger partial charge in [0.05, 0.1) is 0 Å². The van der Waals surface area contributed by atoms with Crippen LogP contribution in [0.2, 0.25) is 0 Å². The van der Waals surface area contributed by atoms with E-state index in [1.807, 2.05) is 84.9 Å². The molecule has 0 bridgehead atoms. The van der Waals surface area contributed by atoms with Crippen LogP contribution in [0.25, 0.3) is 0 Å². The van der Waals surface area contributed by atoms with Crippen LogP contribution in [0.1, 0.15) is 0 Å². The fourth-order valence-electron chi connectivity index (χ4n) is 4.12. The van der Waals surface area contributed by atoms with Gasteiger partial charge in [-0.2, -0.15) is 30.3 Å². The zero-order valence-electron chi connectivity index (χ0n) is 23.0. The Balaban J connectivity index is 0.000000216. The summed E-state index contributed by atoms with van der Waals surface area (Å²) in [6, 6.07) is 41.5. The molecule has 2 aromatic carbocycles. The quantitative estimate of drug-likeness (QED) is 0.179. The van der Waals surface area contributed by atoms with Gasteiger partial charge in [-0.25, -0.2) is 0 Å². The van der Waals surface area contributed by atoms with Gasteiger partial charge in [0.2, 0.25) is 7.14 Å². The summed E-state index contributed by atoms with van der Waals surface area (Å²) in [6.45, 7) is 0. The standard InChI is InChI=1S/C16H13N2OP.C16H12N2OP.2ClH.Ir.H2O/c2*19-20(14-8-2-1-3-9-14,15-10-4-6-12-17-15)16-11-5-7-13-18-16;;;;/h1-13H;1-8,10-13H;2*1H;;1H2/q;-1;;;+3;/p-2. The number of benzene rings is 2. The SMILES string of the molecule is O.O=P(c1[c-]cccc1)(c1ccccn1)c1ccccn1.O=P(c1ccccc1)(c1ccccn1)c1ccccn1.[Cl][Ir+][Cl]. The van der Waals surface area contributed by atoms with E-state index < -0.39 is 30.0 Å². The molecular formula is C32H27Cl2IrN4O3P2. The maximum atomic E-state index is 13.7. The van der Waals surface area contributed by atoms with Gasteiger partial charge in [0.25, 0.3) is 0 Å². The number of aromatic nitrogens is 4. The molecule has 0 radical (unpaired) electrons. The Kier molecular flexibility index (Phi) is 14.3. The molecule has 0 amide bonds. The Morgan fingerprint density at radius 3 is 1.20 bits per heavy atom. The van der Waals surface area contributed by atoms with Crippen molar-refractivity contribution < 1.29 is 30.3 Å². The molecule has 6 rings (SSSR count). The minimum atomic E-state index is -3.05. The average Bonchev–Trinajstić information content (AvgIpc) is 3.10. The number of rotatable bonds is 6. The number of hydrogen-bond donors (Lipinski definition) is 0. The van der Waals surface area contributed by atoms with E-state index in [0.717, 1.165) is 5.30 Å². The molecule has 12 heteroatoms. The van der Waals surface area contributed by atoms with Crippen LogP contribution in [0.15, 0.2) is 152 Å². The normalized spacial score (nSPS) is 10.7. The molecule has 0 aliphatic heterocycles. The van der Waals surface area contributed by atoms with Crippen LogP contribution in [0.4, 0.5) is 0 Å². The van der Waals surface area contributed by atoms with E-state index in [1.165, 1.54) is 0 Å². The molecule has 0 saturated carbocycles. The van der Waals surface area contributed by atoms with Crippen LogP contribution in [-0.4, -0.2) is 25.4 Å². The monoisotopic (exact) mass is 840 g/mol. The Hall–Kier alpha value is -3.31. The van der Waals surface area contributed by atoms with Gasteiger partial charge in [-0.15, -0.1) is 0 Å². The summed E-state index contributed by atoms with van der Waals surface area (Å²) >= 11 is -0.556. The van der Waals surface area contributed by atoms with Gasteiger partial charge in [0.15, 0.2) is 7.14 Å². The van der Waals surface area contributed by atoms with Gasteiger partial charge in [-0.3, -0.25) is 19.9 Å². The molecule has 2 N–H and O–H groups in total. The van der Waals surface area contributed by atoms with E-state index in [0.29, 0.717) is 27.0 Å². The number of nitrogens with zero attached hydrogens (tertiary/aromatic N) is 4. The van der Waals surface area contributed by atoms with E-state index >= 15 is 0 Å². The fourth-order valence-corrected chi connectivity index (χ4v) is 8.86. The molecule has 226 valence electrons.